The Morgan fingerprint density at radius 2 is 1.83 bits per heavy atom. The fraction of sp³-hybridized carbons (Fsp3) is 0.467. The minimum atomic E-state index is -4.59. The Morgan fingerprint density at radius 1 is 1.25 bits per heavy atom. The maximum Gasteiger partial charge on any atom is 0.393 e. The van der Waals surface area contributed by atoms with Crippen LogP contribution in [-0.4, -0.2) is 47.7 Å². The molecule has 134 valence electrons. The number of rotatable bonds is 4. The quantitative estimate of drug-likeness (QED) is 0.859. The summed E-state index contributed by atoms with van der Waals surface area (Å²) in [6, 6.07) is 6.97. The molecule has 1 aliphatic rings. The number of nitrogens with one attached hydrogen (secondary N) is 1. The van der Waals surface area contributed by atoms with E-state index >= 15 is 0 Å². The lowest BCUT2D eigenvalue weighted by Crippen LogP contribution is -2.34. The number of halogens is 4. The van der Waals surface area contributed by atoms with E-state index in [9.17, 15) is 22.8 Å². The van der Waals surface area contributed by atoms with Gasteiger partial charge in [0.1, 0.15) is 0 Å². The molecule has 24 heavy (non-hydrogen) atoms. The van der Waals surface area contributed by atoms with Gasteiger partial charge in [-0.2, -0.15) is 13.2 Å². The summed E-state index contributed by atoms with van der Waals surface area (Å²) >= 11 is 0. The molecule has 1 saturated heterocycles. The number of anilines is 1. The number of benzene rings is 1. The minimum absolute atomic E-state index is 0. The van der Waals surface area contributed by atoms with Crippen molar-refractivity contribution in [1.29, 1.82) is 0 Å². The van der Waals surface area contributed by atoms with E-state index in [1.165, 1.54) is 4.90 Å². The molecule has 2 N–H and O–H groups in total. The first-order valence-electron chi connectivity index (χ1n) is 7.05. The van der Waals surface area contributed by atoms with Crippen LogP contribution < -0.4 is 5.32 Å². The van der Waals surface area contributed by atoms with Gasteiger partial charge in [-0.05, 0) is 19.1 Å². The highest BCUT2D eigenvalue weighted by molar-refractivity contribution is 5.92. The topological polar surface area (TPSA) is 69.6 Å². The van der Waals surface area contributed by atoms with Gasteiger partial charge in [-0.3, -0.25) is 14.5 Å². The number of nitrogens with zero attached hydrogens (tertiary/aromatic N) is 1. The number of hydrogen-bond acceptors (Lipinski definition) is 3. The van der Waals surface area contributed by atoms with E-state index in [-0.39, 0.29) is 25.5 Å². The molecule has 1 heterocycles. The molecule has 0 spiro atoms. The minimum Gasteiger partial charge on any atom is -0.481 e. The van der Waals surface area contributed by atoms with Gasteiger partial charge >= 0.3 is 12.1 Å². The Balaban J connectivity index is 0.00000288. The van der Waals surface area contributed by atoms with Gasteiger partial charge in [-0.15, -0.1) is 12.4 Å². The molecule has 0 radical (unpaired) electrons. The monoisotopic (exact) mass is 366 g/mol. The van der Waals surface area contributed by atoms with Gasteiger partial charge < -0.3 is 10.4 Å². The third-order valence-electron chi connectivity index (χ3n) is 3.84. The lowest BCUT2D eigenvalue weighted by Gasteiger charge is -2.18. The van der Waals surface area contributed by atoms with Crippen LogP contribution in [0.1, 0.15) is 5.56 Å². The molecule has 1 aromatic rings. The number of aliphatic carboxylic acids is 1. The second-order valence-electron chi connectivity index (χ2n) is 5.70. The molecule has 1 aliphatic heterocycles. The molecule has 0 aliphatic carbocycles. The SMILES string of the molecule is Cc1ccc(NC(=O)CN2C[C@@H](C(F)(F)F)[C@H](C(=O)O)C2)cc1.Cl. The third kappa shape index (κ3) is 5.10. The maximum atomic E-state index is 12.9. The van der Waals surface area contributed by atoms with Crippen molar-refractivity contribution in [3.63, 3.8) is 0 Å². The van der Waals surface area contributed by atoms with E-state index in [2.05, 4.69) is 5.32 Å². The maximum absolute atomic E-state index is 12.9. The summed E-state index contributed by atoms with van der Waals surface area (Å²) in [7, 11) is 0. The van der Waals surface area contributed by atoms with Crippen LogP contribution in [0.4, 0.5) is 18.9 Å². The fourth-order valence-electron chi connectivity index (χ4n) is 2.64. The lowest BCUT2D eigenvalue weighted by atomic mass is 9.96. The van der Waals surface area contributed by atoms with Crippen molar-refractivity contribution in [3.8, 4) is 0 Å². The van der Waals surface area contributed by atoms with Gasteiger partial charge in [0.15, 0.2) is 0 Å². The lowest BCUT2D eigenvalue weighted by molar-refractivity contribution is -0.188. The van der Waals surface area contributed by atoms with Gasteiger partial charge in [-0.1, -0.05) is 17.7 Å². The highest BCUT2D eigenvalue weighted by Crippen LogP contribution is 2.37. The van der Waals surface area contributed by atoms with Crippen molar-refractivity contribution in [3.05, 3.63) is 29.8 Å². The summed E-state index contributed by atoms with van der Waals surface area (Å²) in [5.74, 6) is -5.45. The number of carboxylic acids is 1. The summed E-state index contributed by atoms with van der Waals surface area (Å²) in [5.41, 5.74) is 1.56. The average molecular weight is 367 g/mol. The zero-order chi connectivity index (χ0) is 17.2. The molecular formula is C15H18ClF3N2O3. The number of amides is 1. The van der Waals surface area contributed by atoms with Crippen molar-refractivity contribution in [2.45, 2.75) is 13.1 Å². The zero-order valence-corrected chi connectivity index (χ0v) is 13.7. The van der Waals surface area contributed by atoms with Gasteiger partial charge in [0.25, 0.3) is 0 Å². The van der Waals surface area contributed by atoms with Crippen LogP contribution in [0.5, 0.6) is 0 Å². The number of carboxylic acid groups (broad SMARTS) is 1. The Bertz CT molecular complexity index is 593. The third-order valence-corrected chi connectivity index (χ3v) is 3.84. The van der Waals surface area contributed by atoms with Crippen molar-refractivity contribution in [2.75, 3.05) is 25.0 Å². The van der Waals surface area contributed by atoms with E-state index in [0.29, 0.717) is 5.69 Å². The number of carbonyl (C=O) groups excluding carboxylic acids is 1. The Labute approximate surface area is 143 Å². The molecule has 9 heteroatoms. The zero-order valence-electron chi connectivity index (χ0n) is 12.8. The van der Waals surface area contributed by atoms with Gasteiger partial charge in [0.05, 0.1) is 18.4 Å². The average Bonchev–Trinajstić information content (AvgIpc) is 2.85. The standard InChI is InChI=1S/C15H17F3N2O3.ClH/c1-9-2-4-10(5-3-9)19-13(21)8-20-6-11(14(22)23)12(7-20)15(16,17)18;/h2-5,11-12H,6-8H2,1H3,(H,19,21)(H,22,23);1H/t11-,12-;/m1./s1. The van der Waals surface area contributed by atoms with Crippen molar-refractivity contribution >= 4 is 30.0 Å². The van der Waals surface area contributed by atoms with Crippen LogP contribution in [0.2, 0.25) is 0 Å². The molecule has 0 saturated carbocycles. The Kier molecular flexibility index (Phi) is 6.62. The summed E-state index contributed by atoms with van der Waals surface area (Å²) < 4.78 is 38.6. The molecule has 1 fully saturated rings. The molecule has 0 unspecified atom stereocenters. The van der Waals surface area contributed by atoms with E-state index < -0.39 is 36.4 Å². The molecule has 2 rings (SSSR count). The Morgan fingerprint density at radius 3 is 2.29 bits per heavy atom. The van der Waals surface area contributed by atoms with Crippen molar-refractivity contribution in [1.82, 2.24) is 4.90 Å². The number of carbonyl (C=O) groups is 2. The highest BCUT2D eigenvalue weighted by Gasteiger charge is 2.52. The smallest absolute Gasteiger partial charge is 0.393 e. The first kappa shape index (κ1) is 20.2. The van der Waals surface area contributed by atoms with Crippen molar-refractivity contribution < 1.29 is 27.9 Å². The van der Waals surface area contributed by atoms with Crippen LogP contribution in [0.25, 0.3) is 0 Å². The number of likely N-dealkylation sites (tertiary alicyclic amines) is 1. The first-order valence-corrected chi connectivity index (χ1v) is 7.05. The first-order chi connectivity index (χ1) is 10.7. The summed E-state index contributed by atoms with van der Waals surface area (Å²) in [6.45, 7) is 0.839. The summed E-state index contributed by atoms with van der Waals surface area (Å²) in [4.78, 5) is 24.1. The Hall–Kier alpha value is -1.80. The fourth-order valence-corrected chi connectivity index (χ4v) is 2.64. The molecule has 2 atom stereocenters. The number of aryl methyl sites for hydroxylation is 1. The second kappa shape index (κ2) is 7.85. The normalized spacial score (nSPS) is 21.2. The molecular weight excluding hydrogens is 349 g/mol. The summed E-state index contributed by atoms with van der Waals surface area (Å²) in [5, 5.41) is 11.5. The molecule has 1 aromatic carbocycles. The predicted octanol–water partition coefficient (Wildman–Crippen LogP) is 2.55. The number of hydrogen-bond donors (Lipinski definition) is 2. The van der Waals surface area contributed by atoms with E-state index in [1.54, 1.807) is 24.3 Å². The van der Waals surface area contributed by atoms with Crippen LogP contribution in [-0.2, 0) is 9.59 Å². The molecule has 1 amide bonds. The van der Waals surface area contributed by atoms with E-state index in [1.807, 2.05) is 6.92 Å². The molecule has 5 nitrogen and oxygen atoms in total. The van der Waals surface area contributed by atoms with Gasteiger partial charge in [0.2, 0.25) is 5.91 Å². The summed E-state index contributed by atoms with van der Waals surface area (Å²) in [6.07, 6.45) is -4.59. The van der Waals surface area contributed by atoms with Gasteiger partial charge in [-0.25, -0.2) is 0 Å². The number of alkyl halides is 3. The molecule has 0 aromatic heterocycles. The van der Waals surface area contributed by atoms with Crippen LogP contribution >= 0.6 is 12.4 Å². The highest BCUT2D eigenvalue weighted by atomic mass is 35.5. The van der Waals surface area contributed by atoms with Crippen molar-refractivity contribution in [2.24, 2.45) is 11.8 Å². The predicted molar refractivity (Wildman–Crippen MR) is 84.2 cm³/mol. The second-order valence-corrected chi connectivity index (χ2v) is 5.70. The van der Waals surface area contributed by atoms with Crippen LogP contribution in [0.15, 0.2) is 24.3 Å². The molecule has 0 bridgehead atoms. The van der Waals surface area contributed by atoms with Crippen LogP contribution in [0.3, 0.4) is 0 Å². The van der Waals surface area contributed by atoms with E-state index in [4.69, 9.17) is 5.11 Å². The van der Waals surface area contributed by atoms with Gasteiger partial charge in [0, 0.05) is 18.8 Å². The largest absolute Gasteiger partial charge is 0.481 e. The van der Waals surface area contributed by atoms with E-state index in [0.717, 1.165) is 5.56 Å². The van der Waals surface area contributed by atoms with Crippen LogP contribution in [0, 0.1) is 18.8 Å².